The summed E-state index contributed by atoms with van der Waals surface area (Å²) in [4.78, 5) is 42.9. The summed E-state index contributed by atoms with van der Waals surface area (Å²) in [5.74, 6) is -2.29. The van der Waals surface area contributed by atoms with E-state index in [1.807, 2.05) is 13.8 Å². The second kappa shape index (κ2) is 11.5. The molecule has 0 saturated carbocycles. The van der Waals surface area contributed by atoms with Gasteiger partial charge in [-0.1, -0.05) is 37.0 Å². The van der Waals surface area contributed by atoms with Crippen LogP contribution in [0, 0.1) is 5.92 Å². The van der Waals surface area contributed by atoms with E-state index in [1.165, 1.54) is 38.6 Å². The number of ether oxygens (including phenoxy) is 2. The molecule has 0 fully saturated rings. The Hall–Kier alpha value is -3.21. The minimum atomic E-state index is -1.16. The first-order chi connectivity index (χ1) is 16.4. The highest BCUT2D eigenvalue weighted by molar-refractivity contribution is 6.37. The van der Waals surface area contributed by atoms with Gasteiger partial charge in [0, 0.05) is 13.3 Å². The van der Waals surface area contributed by atoms with Crippen LogP contribution >= 0.6 is 23.2 Å². The summed E-state index contributed by atoms with van der Waals surface area (Å²) in [6.45, 7) is 5.76. The van der Waals surface area contributed by atoms with Crippen LogP contribution in [0.15, 0.2) is 29.4 Å². The number of carboxylic acids is 2. The molecule has 0 aliphatic carbocycles. The minimum absolute atomic E-state index is 0.0124. The zero-order valence-corrected chi connectivity index (χ0v) is 21.2. The molecule has 0 bridgehead atoms. The molecule has 12 heteroatoms. The molecular weight excluding hydrogens is 501 g/mol. The fourth-order valence-corrected chi connectivity index (χ4v) is 3.55. The quantitative estimate of drug-likeness (QED) is 0.492. The van der Waals surface area contributed by atoms with Crippen molar-refractivity contribution >= 4 is 46.9 Å². The molecule has 35 heavy (non-hydrogen) atoms. The summed E-state index contributed by atoms with van der Waals surface area (Å²) in [5.41, 5.74) is -0.249. The van der Waals surface area contributed by atoms with Gasteiger partial charge in [0.1, 0.15) is 16.8 Å². The highest BCUT2D eigenvalue weighted by atomic mass is 35.5. The van der Waals surface area contributed by atoms with E-state index in [-0.39, 0.29) is 56.9 Å². The number of rotatable bonds is 7. The summed E-state index contributed by atoms with van der Waals surface area (Å²) in [7, 11) is 2.85. The summed E-state index contributed by atoms with van der Waals surface area (Å²) in [6.07, 6.45) is 1.52. The summed E-state index contributed by atoms with van der Waals surface area (Å²) >= 11 is 11.4. The number of hydrogen-bond donors (Lipinski definition) is 3. The Labute approximate surface area is 211 Å². The van der Waals surface area contributed by atoms with E-state index in [9.17, 15) is 19.5 Å². The molecule has 0 saturated heterocycles. The third-order valence-corrected chi connectivity index (χ3v) is 5.96. The molecule has 1 unspecified atom stereocenters. The monoisotopic (exact) mass is 525 g/mol. The van der Waals surface area contributed by atoms with Crippen LogP contribution in [0.25, 0.3) is 0 Å². The van der Waals surface area contributed by atoms with Gasteiger partial charge in [0.05, 0.1) is 29.3 Å². The minimum Gasteiger partial charge on any atom is -0.494 e. The van der Waals surface area contributed by atoms with Gasteiger partial charge in [0.25, 0.3) is 5.91 Å². The van der Waals surface area contributed by atoms with Crippen molar-refractivity contribution in [1.82, 2.24) is 10.3 Å². The van der Waals surface area contributed by atoms with Crippen LogP contribution in [-0.4, -0.2) is 58.6 Å². The average Bonchev–Trinajstić information content (AvgIpc) is 3.11. The van der Waals surface area contributed by atoms with Crippen LogP contribution in [0.3, 0.4) is 0 Å². The van der Waals surface area contributed by atoms with Crippen LogP contribution in [0.4, 0.5) is 0 Å². The highest BCUT2D eigenvalue weighted by Crippen LogP contribution is 2.33. The largest absolute Gasteiger partial charge is 0.494 e. The molecule has 2 heterocycles. The number of benzene rings is 1. The molecule has 3 N–H and O–H groups in total. The van der Waals surface area contributed by atoms with Gasteiger partial charge in [-0.25, -0.2) is 14.6 Å². The Morgan fingerprint density at radius 1 is 1.14 bits per heavy atom. The molecule has 1 aromatic heterocycles. The maximum Gasteiger partial charge on any atom is 0.341 e. The first-order valence-corrected chi connectivity index (χ1v) is 11.0. The van der Waals surface area contributed by atoms with E-state index >= 15 is 0 Å². The number of amides is 1. The Kier molecular flexibility index (Phi) is 9.19. The van der Waals surface area contributed by atoms with E-state index < -0.39 is 17.5 Å². The first kappa shape index (κ1) is 28.0. The molecule has 2 aromatic rings. The van der Waals surface area contributed by atoms with Gasteiger partial charge < -0.3 is 25.0 Å². The molecular formula is C23H25Cl2N3O7. The number of aromatic carboxylic acids is 2. The lowest BCUT2D eigenvalue weighted by Crippen LogP contribution is -2.41. The summed E-state index contributed by atoms with van der Waals surface area (Å²) in [5, 5.41) is 21.1. The van der Waals surface area contributed by atoms with Gasteiger partial charge in [-0.2, -0.15) is 0 Å². The zero-order chi connectivity index (χ0) is 26.5. The fourth-order valence-electron chi connectivity index (χ4n) is 3.09. The summed E-state index contributed by atoms with van der Waals surface area (Å²) in [6, 6.07) is 4.37. The standard InChI is InChI=1S/C15H19N3O4.C8H6Cl2O3/c1-8(2)15(3)14(21)17-12(18-15)11-10(13(19)20)5-9(6-16-11)7-22-4;1-13-7-5(10)3-2-4(9)6(7)8(11)12/h5-6,8H,7H2,1-4H3,(H,19,20)(H,17,18,21);2-3H,1H3,(H,11,12). The van der Waals surface area contributed by atoms with Crippen LogP contribution < -0.4 is 10.1 Å². The number of methoxy groups -OCH3 is 2. The van der Waals surface area contributed by atoms with Crippen molar-refractivity contribution in [1.29, 1.82) is 0 Å². The number of nitrogens with one attached hydrogen (secondary N) is 1. The van der Waals surface area contributed by atoms with E-state index in [0.29, 0.717) is 5.56 Å². The van der Waals surface area contributed by atoms with Crippen molar-refractivity contribution < 1.29 is 34.1 Å². The maximum atomic E-state index is 12.2. The van der Waals surface area contributed by atoms with Gasteiger partial charge in [0.2, 0.25) is 0 Å². The smallest absolute Gasteiger partial charge is 0.341 e. The van der Waals surface area contributed by atoms with Crippen LogP contribution in [0.2, 0.25) is 10.0 Å². The lowest BCUT2D eigenvalue weighted by atomic mass is 9.89. The van der Waals surface area contributed by atoms with Gasteiger partial charge >= 0.3 is 11.9 Å². The number of amidine groups is 1. The number of aliphatic imine (C=N–C) groups is 1. The lowest BCUT2D eigenvalue weighted by molar-refractivity contribution is -0.124. The molecule has 10 nitrogen and oxygen atoms in total. The fraction of sp³-hybridized carbons (Fsp3) is 0.348. The van der Waals surface area contributed by atoms with E-state index in [2.05, 4.69) is 15.3 Å². The normalized spacial score (nSPS) is 16.8. The van der Waals surface area contributed by atoms with E-state index in [1.54, 1.807) is 6.92 Å². The van der Waals surface area contributed by atoms with Crippen molar-refractivity contribution in [3.05, 3.63) is 56.8 Å². The SMILES string of the molecule is COCc1cnc(C2=NC(C)(C(C)C)C(=O)N2)c(C(=O)O)c1.COc1c(Cl)ccc(Cl)c1C(=O)O. The third kappa shape index (κ3) is 6.08. The lowest BCUT2D eigenvalue weighted by Gasteiger charge is -2.21. The molecule has 3 rings (SSSR count). The molecule has 1 atom stereocenters. The number of carbonyl (C=O) groups is 3. The van der Waals surface area contributed by atoms with E-state index in [0.717, 1.165) is 0 Å². The third-order valence-electron chi connectivity index (χ3n) is 5.35. The number of halogens is 2. The maximum absolute atomic E-state index is 12.2. The average molecular weight is 526 g/mol. The predicted molar refractivity (Wildman–Crippen MR) is 130 cm³/mol. The van der Waals surface area contributed by atoms with Gasteiger partial charge in [-0.05, 0) is 36.6 Å². The Morgan fingerprint density at radius 3 is 2.23 bits per heavy atom. The van der Waals surface area contributed by atoms with Crippen molar-refractivity contribution in [2.75, 3.05) is 14.2 Å². The van der Waals surface area contributed by atoms with Crippen molar-refractivity contribution in [2.45, 2.75) is 32.9 Å². The van der Waals surface area contributed by atoms with Gasteiger partial charge in [0.15, 0.2) is 11.6 Å². The second-order valence-corrected chi connectivity index (χ2v) is 8.75. The van der Waals surface area contributed by atoms with Crippen LogP contribution in [-0.2, 0) is 16.1 Å². The molecule has 1 aliphatic heterocycles. The van der Waals surface area contributed by atoms with Gasteiger partial charge in [-0.15, -0.1) is 0 Å². The second-order valence-electron chi connectivity index (χ2n) is 7.94. The number of aromatic nitrogens is 1. The van der Waals surface area contributed by atoms with E-state index in [4.69, 9.17) is 37.8 Å². The highest BCUT2D eigenvalue weighted by Gasteiger charge is 2.43. The number of carbonyl (C=O) groups excluding carboxylic acids is 1. The predicted octanol–water partition coefficient (Wildman–Crippen LogP) is 3.92. The van der Waals surface area contributed by atoms with Crippen molar-refractivity contribution in [2.24, 2.45) is 10.9 Å². The van der Waals surface area contributed by atoms with Gasteiger partial charge in [-0.3, -0.25) is 9.78 Å². The number of hydrogen-bond acceptors (Lipinski definition) is 7. The number of nitrogens with zero attached hydrogens (tertiary/aromatic N) is 2. The van der Waals surface area contributed by atoms with Crippen molar-refractivity contribution in [3.63, 3.8) is 0 Å². The first-order valence-electron chi connectivity index (χ1n) is 10.2. The molecule has 0 radical (unpaired) electrons. The Balaban J connectivity index is 0.000000283. The molecule has 188 valence electrons. The molecule has 1 amide bonds. The van der Waals surface area contributed by atoms with Crippen molar-refractivity contribution in [3.8, 4) is 5.75 Å². The van der Waals surface area contributed by atoms with Crippen LogP contribution in [0.1, 0.15) is 52.7 Å². The number of carboxylic acid groups (broad SMARTS) is 2. The molecule has 1 aromatic carbocycles. The summed E-state index contributed by atoms with van der Waals surface area (Å²) < 4.78 is 9.80. The van der Waals surface area contributed by atoms with Crippen LogP contribution in [0.5, 0.6) is 5.75 Å². The molecule has 1 aliphatic rings. The topological polar surface area (TPSA) is 147 Å². The zero-order valence-electron chi connectivity index (χ0n) is 19.7. The Bertz CT molecular complexity index is 1180. The number of pyridine rings is 1. The Morgan fingerprint density at radius 2 is 1.77 bits per heavy atom. The molecule has 0 spiro atoms.